The van der Waals surface area contributed by atoms with Crippen molar-refractivity contribution in [2.24, 2.45) is 0 Å². The first-order valence-corrected chi connectivity index (χ1v) is 10.0. The smallest absolute Gasteiger partial charge is 0.217 e. The summed E-state index contributed by atoms with van der Waals surface area (Å²) in [4.78, 5) is 25.2. The second-order valence-electron chi connectivity index (χ2n) is 7.57. The molecule has 1 atom stereocenters. The standard InChI is InChI=1S/C24H20N6O/c1-3-16-7-11-21-24(28-16)30(23(29-21)19-5-4-12-26-22(19)25)17-8-9-18-15(13-17)6-10-20(18)27-14(2)31/h1,4-5,7-9,11-13,20H,6,10H2,2H3,(H2,25,26)(H,27,31). The highest BCUT2D eigenvalue weighted by atomic mass is 16.1. The lowest BCUT2D eigenvalue weighted by Crippen LogP contribution is -2.24. The number of pyridine rings is 2. The minimum atomic E-state index is -0.0251. The summed E-state index contributed by atoms with van der Waals surface area (Å²) in [6.07, 6.45) is 9.01. The van der Waals surface area contributed by atoms with Crippen molar-refractivity contribution in [2.45, 2.75) is 25.8 Å². The van der Waals surface area contributed by atoms with Crippen LogP contribution in [0.5, 0.6) is 0 Å². The third-order valence-corrected chi connectivity index (χ3v) is 5.57. The Labute approximate surface area is 179 Å². The Balaban J connectivity index is 1.73. The number of carbonyl (C=O) groups excluding carboxylic acids is 1. The highest BCUT2D eigenvalue weighted by Crippen LogP contribution is 2.35. The molecule has 7 nitrogen and oxygen atoms in total. The monoisotopic (exact) mass is 408 g/mol. The summed E-state index contributed by atoms with van der Waals surface area (Å²) in [7, 11) is 0. The number of nitrogens with one attached hydrogen (secondary N) is 1. The highest BCUT2D eigenvalue weighted by molar-refractivity contribution is 5.83. The molecule has 0 fully saturated rings. The summed E-state index contributed by atoms with van der Waals surface area (Å²) < 4.78 is 1.97. The van der Waals surface area contributed by atoms with Gasteiger partial charge in [-0.15, -0.1) is 6.42 Å². The zero-order chi connectivity index (χ0) is 21.5. The molecule has 3 N–H and O–H groups in total. The minimum absolute atomic E-state index is 0.0251. The van der Waals surface area contributed by atoms with Crippen molar-refractivity contribution in [3.05, 3.63) is 65.5 Å². The summed E-state index contributed by atoms with van der Waals surface area (Å²) in [6.45, 7) is 1.54. The van der Waals surface area contributed by atoms with Crippen molar-refractivity contribution >= 4 is 22.9 Å². The third-order valence-electron chi connectivity index (χ3n) is 5.57. The van der Waals surface area contributed by atoms with Crippen LogP contribution in [0.3, 0.4) is 0 Å². The van der Waals surface area contributed by atoms with Crippen LogP contribution >= 0.6 is 0 Å². The number of rotatable bonds is 3. The zero-order valence-electron chi connectivity index (χ0n) is 17.0. The van der Waals surface area contributed by atoms with Crippen LogP contribution in [0.2, 0.25) is 0 Å². The Morgan fingerprint density at radius 1 is 1.26 bits per heavy atom. The first-order chi connectivity index (χ1) is 15.0. The molecule has 31 heavy (non-hydrogen) atoms. The van der Waals surface area contributed by atoms with Crippen molar-refractivity contribution in [1.82, 2.24) is 24.8 Å². The van der Waals surface area contributed by atoms with E-state index < -0.39 is 0 Å². The fraction of sp³-hybridized carbons (Fsp3) is 0.167. The van der Waals surface area contributed by atoms with Gasteiger partial charge >= 0.3 is 0 Å². The number of hydrogen-bond donors (Lipinski definition) is 2. The van der Waals surface area contributed by atoms with Gasteiger partial charge in [0.2, 0.25) is 5.91 Å². The molecule has 4 aromatic rings. The predicted molar refractivity (Wildman–Crippen MR) is 119 cm³/mol. The molecule has 0 saturated carbocycles. The molecule has 3 heterocycles. The molecule has 1 unspecified atom stereocenters. The van der Waals surface area contributed by atoms with Gasteiger partial charge in [-0.3, -0.25) is 9.36 Å². The average Bonchev–Trinajstić information content (AvgIpc) is 3.34. The molecule has 152 valence electrons. The number of nitrogen functional groups attached to an aromatic ring is 1. The largest absolute Gasteiger partial charge is 0.383 e. The third kappa shape index (κ3) is 3.19. The number of amides is 1. The number of carbonyl (C=O) groups is 1. The van der Waals surface area contributed by atoms with E-state index in [-0.39, 0.29) is 11.9 Å². The summed E-state index contributed by atoms with van der Waals surface area (Å²) in [5.41, 5.74) is 12.0. The van der Waals surface area contributed by atoms with Crippen LogP contribution in [0.15, 0.2) is 48.7 Å². The van der Waals surface area contributed by atoms with E-state index in [1.54, 1.807) is 19.2 Å². The van der Waals surface area contributed by atoms with Gasteiger partial charge in [-0.2, -0.15) is 0 Å². The van der Waals surface area contributed by atoms with E-state index in [9.17, 15) is 4.79 Å². The molecule has 0 spiro atoms. The van der Waals surface area contributed by atoms with E-state index in [0.717, 1.165) is 29.7 Å². The quantitative estimate of drug-likeness (QED) is 0.508. The molecule has 0 aliphatic heterocycles. The maximum absolute atomic E-state index is 11.5. The Morgan fingerprint density at radius 3 is 2.90 bits per heavy atom. The van der Waals surface area contributed by atoms with E-state index in [1.807, 2.05) is 28.8 Å². The van der Waals surface area contributed by atoms with Crippen molar-refractivity contribution < 1.29 is 4.79 Å². The number of terminal acetylenes is 1. The number of fused-ring (bicyclic) bond motifs is 2. The highest BCUT2D eigenvalue weighted by Gasteiger charge is 2.25. The van der Waals surface area contributed by atoms with Crippen LogP contribution in [0.25, 0.3) is 28.2 Å². The summed E-state index contributed by atoms with van der Waals surface area (Å²) >= 11 is 0. The van der Waals surface area contributed by atoms with E-state index in [0.29, 0.717) is 28.5 Å². The van der Waals surface area contributed by atoms with E-state index in [4.69, 9.17) is 17.1 Å². The van der Waals surface area contributed by atoms with Crippen LogP contribution in [-0.4, -0.2) is 25.4 Å². The van der Waals surface area contributed by atoms with Crippen LogP contribution in [0, 0.1) is 12.3 Å². The summed E-state index contributed by atoms with van der Waals surface area (Å²) in [5, 5.41) is 3.02. The Morgan fingerprint density at radius 2 is 2.13 bits per heavy atom. The van der Waals surface area contributed by atoms with Gasteiger partial charge < -0.3 is 11.1 Å². The van der Waals surface area contributed by atoms with Crippen molar-refractivity contribution in [2.75, 3.05) is 5.73 Å². The molecule has 1 aromatic carbocycles. The summed E-state index contributed by atoms with van der Waals surface area (Å²) in [6, 6.07) is 13.6. The molecule has 3 aromatic heterocycles. The molecular weight excluding hydrogens is 388 g/mol. The number of anilines is 1. The van der Waals surface area contributed by atoms with Crippen LogP contribution in [0.4, 0.5) is 5.82 Å². The van der Waals surface area contributed by atoms with Gasteiger partial charge in [0.25, 0.3) is 0 Å². The number of aryl methyl sites for hydroxylation is 1. The van der Waals surface area contributed by atoms with E-state index in [2.05, 4.69) is 33.3 Å². The number of nitrogens with zero attached hydrogens (tertiary/aromatic N) is 4. The number of imidazole rings is 1. The lowest BCUT2D eigenvalue weighted by Gasteiger charge is -2.14. The number of benzene rings is 1. The molecule has 0 bridgehead atoms. The normalized spacial score (nSPS) is 14.9. The zero-order valence-corrected chi connectivity index (χ0v) is 17.0. The lowest BCUT2D eigenvalue weighted by atomic mass is 10.1. The second-order valence-corrected chi connectivity index (χ2v) is 7.57. The molecule has 7 heteroatoms. The first-order valence-electron chi connectivity index (χ1n) is 10.0. The van der Waals surface area contributed by atoms with Gasteiger partial charge in [-0.05, 0) is 60.4 Å². The van der Waals surface area contributed by atoms with Gasteiger partial charge in [0.1, 0.15) is 17.0 Å². The minimum Gasteiger partial charge on any atom is -0.383 e. The topological polar surface area (TPSA) is 98.7 Å². The maximum atomic E-state index is 11.5. The fourth-order valence-corrected chi connectivity index (χ4v) is 4.21. The van der Waals surface area contributed by atoms with Crippen molar-refractivity contribution in [1.29, 1.82) is 0 Å². The maximum Gasteiger partial charge on any atom is 0.217 e. The summed E-state index contributed by atoms with van der Waals surface area (Å²) in [5.74, 6) is 3.61. The Hall–Kier alpha value is -4.18. The lowest BCUT2D eigenvalue weighted by molar-refractivity contribution is -0.119. The van der Waals surface area contributed by atoms with Crippen molar-refractivity contribution in [3.63, 3.8) is 0 Å². The van der Waals surface area contributed by atoms with E-state index >= 15 is 0 Å². The fourth-order valence-electron chi connectivity index (χ4n) is 4.21. The Kier molecular flexibility index (Phi) is 4.41. The van der Waals surface area contributed by atoms with Gasteiger partial charge in [0.05, 0.1) is 11.6 Å². The van der Waals surface area contributed by atoms with Gasteiger partial charge in [-0.1, -0.05) is 12.0 Å². The molecule has 1 aliphatic rings. The number of aromatic nitrogens is 4. The van der Waals surface area contributed by atoms with Gasteiger partial charge in [0.15, 0.2) is 11.5 Å². The molecule has 5 rings (SSSR count). The van der Waals surface area contributed by atoms with Crippen LogP contribution < -0.4 is 11.1 Å². The van der Waals surface area contributed by atoms with Gasteiger partial charge in [0, 0.05) is 18.8 Å². The molecule has 0 saturated heterocycles. The SMILES string of the molecule is C#Cc1ccc2nc(-c3cccnc3N)n(-c3ccc4c(c3)CCC4NC(C)=O)c2n1. The molecule has 1 aliphatic carbocycles. The molecule has 0 radical (unpaired) electrons. The molecular formula is C24H20N6O. The average molecular weight is 408 g/mol. The van der Waals surface area contributed by atoms with Crippen LogP contribution in [0.1, 0.15) is 36.2 Å². The van der Waals surface area contributed by atoms with Crippen LogP contribution in [-0.2, 0) is 11.2 Å². The second kappa shape index (κ2) is 7.26. The van der Waals surface area contributed by atoms with Crippen molar-refractivity contribution in [3.8, 4) is 29.4 Å². The number of hydrogen-bond acceptors (Lipinski definition) is 5. The first kappa shape index (κ1) is 18.8. The molecule has 1 amide bonds. The van der Waals surface area contributed by atoms with E-state index in [1.165, 1.54) is 5.56 Å². The Bertz CT molecular complexity index is 1380. The van der Waals surface area contributed by atoms with Gasteiger partial charge in [-0.25, -0.2) is 15.0 Å². The predicted octanol–water partition coefficient (Wildman–Crippen LogP) is 3.17. The number of nitrogens with two attached hydrogens (primary N) is 1.